The molecule has 2 aromatic rings. The van der Waals surface area contributed by atoms with E-state index in [1.54, 1.807) is 12.1 Å². The van der Waals surface area contributed by atoms with Crippen LogP contribution in [0.5, 0.6) is 11.5 Å². The normalized spacial score (nSPS) is 13.6. The Labute approximate surface area is 126 Å². The maximum absolute atomic E-state index is 12.9. The van der Waals surface area contributed by atoms with Crippen molar-refractivity contribution >= 4 is 17.4 Å². The molecule has 1 aliphatic rings. The van der Waals surface area contributed by atoms with E-state index in [4.69, 9.17) is 21.1 Å². The first kappa shape index (κ1) is 13.9. The van der Waals surface area contributed by atoms with Crippen LogP contribution in [0, 0.1) is 5.82 Å². The Morgan fingerprint density at radius 3 is 2.33 bits per heavy atom. The van der Waals surface area contributed by atoms with Gasteiger partial charge in [-0.05, 0) is 30.3 Å². The minimum absolute atomic E-state index is 0.282. The van der Waals surface area contributed by atoms with Gasteiger partial charge >= 0.3 is 0 Å². The Bertz CT molecular complexity index is 683. The minimum atomic E-state index is -0.392. The number of hydrogen-bond acceptors (Lipinski definition) is 3. The third-order valence-corrected chi connectivity index (χ3v) is 3.50. The quantitative estimate of drug-likeness (QED) is 0.790. The molecule has 0 spiro atoms. The van der Waals surface area contributed by atoms with Gasteiger partial charge in [-0.3, -0.25) is 4.79 Å². The summed E-state index contributed by atoms with van der Waals surface area (Å²) >= 11 is 6.16. The Kier molecular flexibility index (Phi) is 3.80. The van der Waals surface area contributed by atoms with Crippen molar-refractivity contribution in [2.45, 2.75) is 6.42 Å². The molecule has 3 nitrogen and oxygen atoms in total. The number of ether oxygens (including phenoxy) is 2. The highest BCUT2D eigenvalue weighted by molar-refractivity contribution is 6.35. The van der Waals surface area contributed by atoms with Crippen LogP contribution in [0.4, 0.5) is 4.39 Å². The Hall–Kier alpha value is -2.07. The summed E-state index contributed by atoms with van der Waals surface area (Å²) in [4.78, 5) is 12.4. The number of carbonyl (C=O) groups excluding carboxylic acids is 1. The molecule has 1 aliphatic heterocycles. The summed E-state index contributed by atoms with van der Waals surface area (Å²) < 4.78 is 24.0. The van der Waals surface area contributed by atoms with Crippen molar-refractivity contribution in [2.75, 3.05) is 13.2 Å². The standard InChI is InChI=1S/C16H12ClFO3/c17-13-9-15-14(20-6-1-7-21-15)8-12(13)16(19)10-2-4-11(18)5-3-10/h2-5,8-9H,1,6-7H2. The molecular formula is C16H12ClFO3. The molecule has 0 saturated heterocycles. The van der Waals surface area contributed by atoms with Gasteiger partial charge in [-0.2, -0.15) is 0 Å². The Balaban J connectivity index is 2.00. The zero-order chi connectivity index (χ0) is 14.8. The largest absolute Gasteiger partial charge is 0.490 e. The summed E-state index contributed by atoms with van der Waals surface area (Å²) in [5, 5.41) is 0.286. The van der Waals surface area contributed by atoms with Crippen molar-refractivity contribution in [1.29, 1.82) is 0 Å². The van der Waals surface area contributed by atoms with E-state index in [1.807, 2.05) is 0 Å². The van der Waals surface area contributed by atoms with Gasteiger partial charge in [-0.25, -0.2) is 4.39 Å². The van der Waals surface area contributed by atoms with E-state index >= 15 is 0 Å². The second kappa shape index (κ2) is 5.74. The van der Waals surface area contributed by atoms with E-state index in [-0.39, 0.29) is 10.8 Å². The molecule has 0 radical (unpaired) electrons. The summed E-state index contributed by atoms with van der Waals surface area (Å²) in [6.45, 7) is 1.08. The smallest absolute Gasteiger partial charge is 0.194 e. The van der Waals surface area contributed by atoms with Crippen molar-refractivity contribution in [1.82, 2.24) is 0 Å². The summed E-state index contributed by atoms with van der Waals surface area (Å²) in [5.74, 6) is 0.363. The molecule has 0 bridgehead atoms. The highest BCUT2D eigenvalue weighted by Crippen LogP contribution is 2.35. The first-order valence-electron chi connectivity index (χ1n) is 6.54. The van der Waals surface area contributed by atoms with Gasteiger partial charge in [0, 0.05) is 23.6 Å². The number of ketones is 1. The van der Waals surface area contributed by atoms with Crippen LogP contribution in [0.25, 0.3) is 0 Å². The summed E-state index contributed by atoms with van der Waals surface area (Å²) in [6, 6.07) is 8.50. The predicted molar refractivity (Wildman–Crippen MR) is 76.9 cm³/mol. The molecule has 0 aromatic heterocycles. The third-order valence-electron chi connectivity index (χ3n) is 3.19. The van der Waals surface area contributed by atoms with Gasteiger partial charge in [-0.15, -0.1) is 0 Å². The summed E-state index contributed by atoms with van der Waals surface area (Å²) in [7, 11) is 0. The molecule has 0 N–H and O–H groups in total. The first-order chi connectivity index (χ1) is 10.1. The molecule has 0 unspecified atom stereocenters. The van der Waals surface area contributed by atoms with Crippen LogP contribution in [0.15, 0.2) is 36.4 Å². The highest BCUT2D eigenvalue weighted by atomic mass is 35.5. The number of fused-ring (bicyclic) bond motifs is 1. The monoisotopic (exact) mass is 306 g/mol. The topological polar surface area (TPSA) is 35.5 Å². The van der Waals surface area contributed by atoms with Crippen molar-refractivity contribution in [3.63, 3.8) is 0 Å². The highest BCUT2D eigenvalue weighted by Gasteiger charge is 2.19. The second-order valence-corrected chi connectivity index (χ2v) is 5.07. The van der Waals surface area contributed by atoms with E-state index in [0.29, 0.717) is 35.8 Å². The zero-order valence-electron chi connectivity index (χ0n) is 11.1. The molecule has 0 aliphatic carbocycles. The van der Waals surface area contributed by atoms with Crippen LogP contribution in [0.2, 0.25) is 5.02 Å². The van der Waals surface area contributed by atoms with Gasteiger partial charge in [0.15, 0.2) is 17.3 Å². The predicted octanol–water partition coefficient (Wildman–Crippen LogP) is 3.87. The molecule has 0 fully saturated rings. The zero-order valence-corrected chi connectivity index (χ0v) is 11.8. The summed E-state index contributed by atoms with van der Waals surface area (Å²) in [5.41, 5.74) is 0.681. The maximum Gasteiger partial charge on any atom is 0.194 e. The molecule has 2 aromatic carbocycles. The van der Waals surface area contributed by atoms with E-state index in [2.05, 4.69) is 0 Å². The molecule has 3 rings (SSSR count). The van der Waals surface area contributed by atoms with Crippen LogP contribution in [0.3, 0.4) is 0 Å². The summed E-state index contributed by atoms with van der Waals surface area (Å²) in [6.07, 6.45) is 0.771. The first-order valence-corrected chi connectivity index (χ1v) is 6.92. The fourth-order valence-corrected chi connectivity index (χ4v) is 2.35. The van der Waals surface area contributed by atoms with Crippen LogP contribution in [-0.4, -0.2) is 19.0 Å². The molecule has 0 amide bonds. The van der Waals surface area contributed by atoms with Gasteiger partial charge in [0.05, 0.1) is 18.2 Å². The van der Waals surface area contributed by atoms with Crippen molar-refractivity contribution < 1.29 is 18.7 Å². The van der Waals surface area contributed by atoms with Crippen molar-refractivity contribution in [3.05, 3.63) is 58.4 Å². The molecular weight excluding hydrogens is 295 g/mol. The lowest BCUT2D eigenvalue weighted by atomic mass is 10.0. The van der Waals surface area contributed by atoms with Crippen LogP contribution in [0.1, 0.15) is 22.3 Å². The average molecular weight is 307 g/mol. The molecule has 21 heavy (non-hydrogen) atoms. The number of benzene rings is 2. The molecule has 0 atom stereocenters. The van der Waals surface area contributed by atoms with Crippen LogP contribution >= 0.6 is 11.6 Å². The molecule has 1 heterocycles. The Morgan fingerprint density at radius 1 is 1.05 bits per heavy atom. The van der Waals surface area contributed by atoms with Gasteiger partial charge < -0.3 is 9.47 Å². The minimum Gasteiger partial charge on any atom is -0.490 e. The van der Waals surface area contributed by atoms with Gasteiger partial charge in [0.25, 0.3) is 0 Å². The lowest BCUT2D eigenvalue weighted by Gasteiger charge is -2.11. The maximum atomic E-state index is 12.9. The lowest BCUT2D eigenvalue weighted by Crippen LogP contribution is -2.04. The van der Waals surface area contributed by atoms with E-state index in [9.17, 15) is 9.18 Å². The molecule has 5 heteroatoms. The number of carbonyl (C=O) groups is 1. The van der Waals surface area contributed by atoms with Crippen LogP contribution in [-0.2, 0) is 0 Å². The van der Waals surface area contributed by atoms with E-state index in [0.717, 1.165) is 6.42 Å². The fraction of sp³-hybridized carbons (Fsp3) is 0.188. The lowest BCUT2D eigenvalue weighted by molar-refractivity contribution is 0.103. The SMILES string of the molecule is O=C(c1ccc(F)cc1)c1cc2c(cc1Cl)OCCCO2. The van der Waals surface area contributed by atoms with Crippen molar-refractivity contribution in [2.24, 2.45) is 0 Å². The third kappa shape index (κ3) is 2.85. The number of rotatable bonds is 2. The molecule has 0 saturated carbocycles. The van der Waals surface area contributed by atoms with Crippen molar-refractivity contribution in [3.8, 4) is 11.5 Å². The van der Waals surface area contributed by atoms with Gasteiger partial charge in [0.2, 0.25) is 0 Å². The number of halogens is 2. The average Bonchev–Trinajstić information content (AvgIpc) is 2.71. The Morgan fingerprint density at radius 2 is 1.67 bits per heavy atom. The van der Waals surface area contributed by atoms with Gasteiger partial charge in [0.1, 0.15) is 5.82 Å². The second-order valence-electron chi connectivity index (χ2n) is 4.67. The van der Waals surface area contributed by atoms with Crippen LogP contribution < -0.4 is 9.47 Å². The number of hydrogen-bond donors (Lipinski definition) is 0. The molecule has 108 valence electrons. The van der Waals surface area contributed by atoms with Gasteiger partial charge in [-0.1, -0.05) is 11.6 Å². The fourth-order valence-electron chi connectivity index (χ4n) is 2.11. The van der Waals surface area contributed by atoms with E-state index in [1.165, 1.54) is 24.3 Å². The van der Waals surface area contributed by atoms with E-state index < -0.39 is 5.82 Å².